The number of pyridine rings is 1. The lowest BCUT2D eigenvalue weighted by Crippen LogP contribution is -2.18. The number of phenols is 1. The summed E-state index contributed by atoms with van der Waals surface area (Å²) < 4.78 is 0. The van der Waals surface area contributed by atoms with E-state index < -0.39 is 5.60 Å². The molecule has 5 nitrogen and oxygen atoms in total. The Labute approximate surface area is 135 Å². The zero-order valence-electron chi connectivity index (χ0n) is 13.7. The minimum atomic E-state index is -0.508. The predicted molar refractivity (Wildman–Crippen MR) is 88.3 cm³/mol. The van der Waals surface area contributed by atoms with Gasteiger partial charge in [0.2, 0.25) is 0 Å². The fourth-order valence-corrected chi connectivity index (χ4v) is 1.93. The van der Waals surface area contributed by atoms with Crippen molar-refractivity contribution < 1.29 is 9.94 Å². The molecule has 1 aromatic carbocycles. The number of hydrogen-bond acceptors (Lipinski definition) is 5. The summed E-state index contributed by atoms with van der Waals surface area (Å²) in [5, 5.41) is 23.7. The Balaban J connectivity index is 2.66. The van der Waals surface area contributed by atoms with E-state index in [1.165, 1.54) is 0 Å². The van der Waals surface area contributed by atoms with Gasteiger partial charge in [0.1, 0.15) is 28.8 Å². The number of oxime groups is 1. The van der Waals surface area contributed by atoms with Crippen molar-refractivity contribution >= 4 is 5.71 Å². The van der Waals surface area contributed by atoms with E-state index in [1.54, 1.807) is 36.5 Å². The van der Waals surface area contributed by atoms with Crippen molar-refractivity contribution in [2.24, 2.45) is 5.16 Å². The van der Waals surface area contributed by atoms with Gasteiger partial charge in [0.25, 0.3) is 0 Å². The number of nitrogens with zero attached hydrogens (tertiary/aromatic N) is 3. The zero-order chi connectivity index (χ0) is 17.0. The molecule has 118 valence electrons. The Bertz CT molecular complexity index is 784. The Morgan fingerprint density at radius 2 is 2.04 bits per heavy atom. The van der Waals surface area contributed by atoms with Crippen LogP contribution in [0.1, 0.15) is 43.2 Å². The summed E-state index contributed by atoms with van der Waals surface area (Å²) in [6.07, 6.45) is 1.58. The van der Waals surface area contributed by atoms with Gasteiger partial charge < -0.3 is 9.94 Å². The van der Waals surface area contributed by atoms with Gasteiger partial charge in [-0.2, -0.15) is 5.26 Å². The normalized spacial score (nSPS) is 11.9. The number of rotatable bonds is 3. The van der Waals surface area contributed by atoms with Crippen molar-refractivity contribution in [1.82, 2.24) is 4.98 Å². The monoisotopic (exact) mass is 309 g/mol. The first-order valence-corrected chi connectivity index (χ1v) is 7.23. The van der Waals surface area contributed by atoms with Crippen LogP contribution >= 0.6 is 0 Å². The molecule has 1 heterocycles. The fourth-order valence-electron chi connectivity index (χ4n) is 1.93. The highest BCUT2D eigenvalue weighted by Gasteiger charge is 2.20. The quantitative estimate of drug-likeness (QED) is 0.695. The van der Waals surface area contributed by atoms with E-state index in [0.717, 1.165) is 5.56 Å². The number of nitriles is 1. The van der Waals surface area contributed by atoms with Crippen molar-refractivity contribution in [2.45, 2.75) is 33.3 Å². The fraction of sp³-hybridized carbons (Fsp3) is 0.278. The second kappa shape index (κ2) is 6.49. The second-order valence-electron chi connectivity index (χ2n) is 6.18. The molecule has 1 N–H and O–H groups in total. The molecule has 2 rings (SSSR count). The van der Waals surface area contributed by atoms with Gasteiger partial charge in [-0.15, -0.1) is 0 Å². The molecule has 2 aromatic rings. The van der Waals surface area contributed by atoms with Crippen LogP contribution in [0.25, 0.3) is 0 Å². The molecule has 0 fully saturated rings. The van der Waals surface area contributed by atoms with Gasteiger partial charge >= 0.3 is 0 Å². The van der Waals surface area contributed by atoms with E-state index in [2.05, 4.69) is 16.2 Å². The van der Waals surface area contributed by atoms with Gasteiger partial charge in [-0.05, 0) is 52.0 Å². The lowest BCUT2D eigenvalue weighted by Gasteiger charge is -2.18. The third-order valence-electron chi connectivity index (χ3n) is 2.97. The molecule has 0 radical (unpaired) electrons. The summed E-state index contributed by atoms with van der Waals surface area (Å²) in [5.41, 5.74) is 2.00. The standard InChI is InChI=1S/C18H19N3O2/c1-12-7-8-15(22)14(10-12)17(21-23-18(2,3)4)16-13(11-19)6-5-9-20-16/h5-10,22H,1-4H3/b21-17-. The van der Waals surface area contributed by atoms with Crippen LogP contribution in [0, 0.1) is 18.3 Å². The van der Waals surface area contributed by atoms with Crippen LogP contribution in [-0.4, -0.2) is 21.4 Å². The van der Waals surface area contributed by atoms with Crippen LogP contribution in [-0.2, 0) is 4.84 Å². The highest BCUT2D eigenvalue weighted by molar-refractivity contribution is 6.14. The van der Waals surface area contributed by atoms with Gasteiger partial charge in [-0.25, -0.2) is 0 Å². The molecule has 0 spiro atoms. The highest BCUT2D eigenvalue weighted by atomic mass is 16.6. The molecule has 0 aliphatic rings. The summed E-state index contributed by atoms with van der Waals surface area (Å²) in [6.45, 7) is 7.52. The molecule has 0 saturated heterocycles. The highest BCUT2D eigenvalue weighted by Crippen LogP contribution is 2.24. The van der Waals surface area contributed by atoms with E-state index in [-0.39, 0.29) is 5.75 Å². The van der Waals surface area contributed by atoms with Crippen LogP contribution in [0.15, 0.2) is 41.7 Å². The average Bonchev–Trinajstić information content (AvgIpc) is 2.50. The number of aryl methyl sites for hydroxylation is 1. The first-order valence-electron chi connectivity index (χ1n) is 7.23. The molecule has 0 atom stereocenters. The SMILES string of the molecule is Cc1ccc(O)c(/C(=N/OC(C)(C)C)c2ncccc2C#N)c1. The summed E-state index contributed by atoms with van der Waals surface area (Å²) >= 11 is 0. The Hall–Kier alpha value is -2.87. The topological polar surface area (TPSA) is 78.5 Å². The molecular weight excluding hydrogens is 290 g/mol. The van der Waals surface area contributed by atoms with Gasteiger partial charge in [0.15, 0.2) is 0 Å². The molecule has 5 heteroatoms. The first kappa shape index (κ1) is 16.5. The largest absolute Gasteiger partial charge is 0.507 e. The number of phenolic OH excluding ortho intramolecular Hbond substituents is 1. The molecule has 23 heavy (non-hydrogen) atoms. The lowest BCUT2D eigenvalue weighted by atomic mass is 10.0. The van der Waals surface area contributed by atoms with Crippen molar-refractivity contribution in [3.05, 3.63) is 58.9 Å². The summed E-state index contributed by atoms with van der Waals surface area (Å²) in [7, 11) is 0. The molecule has 0 aliphatic heterocycles. The van der Waals surface area contributed by atoms with Crippen LogP contribution in [0.2, 0.25) is 0 Å². The van der Waals surface area contributed by atoms with E-state index in [4.69, 9.17) is 4.84 Å². The average molecular weight is 309 g/mol. The van der Waals surface area contributed by atoms with E-state index in [9.17, 15) is 10.4 Å². The van der Waals surface area contributed by atoms with Crippen LogP contribution in [0.3, 0.4) is 0 Å². The minimum Gasteiger partial charge on any atom is -0.507 e. The van der Waals surface area contributed by atoms with Crippen LogP contribution in [0.5, 0.6) is 5.75 Å². The third-order valence-corrected chi connectivity index (χ3v) is 2.97. The number of hydrogen-bond donors (Lipinski definition) is 1. The maximum atomic E-state index is 10.2. The summed E-state index contributed by atoms with van der Waals surface area (Å²) in [4.78, 5) is 9.78. The Morgan fingerprint density at radius 1 is 1.30 bits per heavy atom. The van der Waals surface area contributed by atoms with Gasteiger partial charge in [-0.1, -0.05) is 16.8 Å². The maximum absolute atomic E-state index is 10.2. The number of aromatic nitrogens is 1. The van der Waals surface area contributed by atoms with Gasteiger partial charge in [0, 0.05) is 11.8 Å². The van der Waals surface area contributed by atoms with E-state index in [1.807, 2.05) is 27.7 Å². The minimum absolute atomic E-state index is 0.0569. The molecule has 0 amide bonds. The maximum Gasteiger partial charge on any atom is 0.140 e. The molecule has 0 unspecified atom stereocenters. The lowest BCUT2D eigenvalue weighted by molar-refractivity contribution is 0.00111. The van der Waals surface area contributed by atoms with Crippen molar-refractivity contribution in [2.75, 3.05) is 0 Å². The predicted octanol–water partition coefficient (Wildman–Crippen LogP) is 3.53. The summed E-state index contributed by atoms with van der Waals surface area (Å²) in [6, 6.07) is 10.6. The molecule has 1 aromatic heterocycles. The van der Waals surface area contributed by atoms with Crippen LogP contribution < -0.4 is 0 Å². The Morgan fingerprint density at radius 3 is 2.70 bits per heavy atom. The first-order chi connectivity index (χ1) is 10.8. The molecular formula is C18H19N3O2. The Kier molecular flexibility index (Phi) is 4.65. The third kappa shape index (κ3) is 4.07. The van der Waals surface area contributed by atoms with Gasteiger partial charge in [0.05, 0.1) is 5.56 Å². The van der Waals surface area contributed by atoms with Crippen molar-refractivity contribution in [1.29, 1.82) is 5.26 Å². The van der Waals surface area contributed by atoms with Crippen molar-refractivity contribution in [3.8, 4) is 11.8 Å². The zero-order valence-corrected chi connectivity index (χ0v) is 13.7. The van der Waals surface area contributed by atoms with Gasteiger partial charge in [-0.3, -0.25) is 4.98 Å². The molecule has 0 saturated carbocycles. The van der Waals surface area contributed by atoms with E-state index >= 15 is 0 Å². The molecule has 0 bridgehead atoms. The molecule has 0 aliphatic carbocycles. The van der Waals surface area contributed by atoms with Crippen LogP contribution in [0.4, 0.5) is 0 Å². The number of aromatic hydroxyl groups is 1. The van der Waals surface area contributed by atoms with E-state index in [0.29, 0.717) is 22.5 Å². The summed E-state index contributed by atoms with van der Waals surface area (Å²) in [5.74, 6) is 0.0569. The van der Waals surface area contributed by atoms with Crippen molar-refractivity contribution in [3.63, 3.8) is 0 Å². The smallest absolute Gasteiger partial charge is 0.140 e. The second-order valence-corrected chi connectivity index (χ2v) is 6.18. The number of benzene rings is 1.